The second-order valence-corrected chi connectivity index (χ2v) is 5.85. The van der Waals surface area contributed by atoms with Gasteiger partial charge >= 0.3 is 0 Å². The number of halogens is 1. The van der Waals surface area contributed by atoms with Crippen molar-refractivity contribution in [2.45, 2.75) is 6.61 Å². The van der Waals surface area contributed by atoms with Crippen LogP contribution in [0.15, 0.2) is 80.6 Å². The predicted molar refractivity (Wildman–Crippen MR) is 96.0 cm³/mol. The maximum atomic E-state index is 12.9. The lowest BCUT2D eigenvalue weighted by atomic mass is 10.2. The molecule has 0 unspecified atom stereocenters. The fourth-order valence-corrected chi connectivity index (χ4v) is 2.78. The summed E-state index contributed by atoms with van der Waals surface area (Å²) >= 11 is 6.16. The van der Waals surface area contributed by atoms with Crippen molar-refractivity contribution in [1.82, 2.24) is 0 Å². The molecule has 0 saturated heterocycles. The quantitative estimate of drug-likeness (QED) is 0.501. The first-order valence-corrected chi connectivity index (χ1v) is 8.08. The summed E-state index contributed by atoms with van der Waals surface area (Å²) in [7, 11) is 0. The third-order valence-electron chi connectivity index (χ3n) is 3.83. The third-order valence-corrected chi connectivity index (χ3v) is 4.20. The summed E-state index contributed by atoms with van der Waals surface area (Å²) in [6, 6.07) is 17.8. The summed E-state index contributed by atoms with van der Waals surface area (Å²) in [6.45, 7) is 0.149. The van der Waals surface area contributed by atoms with Crippen molar-refractivity contribution in [3.63, 3.8) is 0 Å². The minimum absolute atomic E-state index is 0.105. The molecule has 4 aromatic rings. The number of ether oxygens (including phenoxy) is 1. The van der Waals surface area contributed by atoms with E-state index in [-0.39, 0.29) is 23.5 Å². The van der Waals surface area contributed by atoms with Crippen LogP contribution in [-0.4, -0.2) is 0 Å². The smallest absolute Gasteiger partial charge is 0.235 e. The number of fused-ring (bicyclic) bond motifs is 1. The highest BCUT2D eigenvalue weighted by atomic mass is 35.5. The molecule has 0 saturated carbocycles. The molecule has 4 nitrogen and oxygen atoms in total. The van der Waals surface area contributed by atoms with Crippen LogP contribution in [0.2, 0.25) is 5.02 Å². The van der Waals surface area contributed by atoms with Gasteiger partial charge in [0.05, 0.1) is 11.6 Å². The van der Waals surface area contributed by atoms with Crippen molar-refractivity contribution in [3.05, 3.63) is 87.7 Å². The van der Waals surface area contributed by atoms with E-state index in [2.05, 4.69) is 0 Å². The van der Waals surface area contributed by atoms with Crippen LogP contribution in [0, 0.1) is 0 Å². The lowest BCUT2D eigenvalue weighted by Crippen LogP contribution is -2.10. The molecular formula is C20H13ClO4. The van der Waals surface area contributed by atoms with Crippen LogP contribution < -0.4 is 10.2 Å². The monoisotopic (exact) mass is 352 g/mol. The van der Waals surface area contributed by atoms with E-state index in [1.54, 1.807) is 36.4 Å². The van der Waals surface area contributed by atoms with Gasteiger partial charge in [0.15, 0.2) is 5.76 Å². The van der Waals surface area contributed by atoms with E-state index in [4.69, 9.17) is 25.2 Å². The van der Waals surface area contributed by atoms with Crippen molar-refractivity contribution in [2.75, 3.05) is 0 Å². The zero-order chi connectivity index (χ0) is 17.2. The summed E-state index contributed by atoms with van der Waals surface area (Å²) in [4.78, 5) is 12.9. The van der Waals surface area contributed by atoms with E-state index < -0.39 is 0 Å². The molecule has 0 aliphatic rings. The first kappa shape index (κ1) is 15.5. The van der Waals surface area contributed by atoms with Crippen LogP contribution in [0.4, 0.5) is 0 Å². The summed E-state index contributed by atoms with van der Waals surface area (Å²) in [5, 5.41) is 1.03. The highest BCUT2D eigenvalue weighted by Gasteiger charge is 2.19. The van der Waals surface area contributed by atoms with Gasteiger partial charge in [0, 0.05) is 10.6 Å². The first-order chi connectivity index (χ1) is 12.2. The number of rotatable bonds is 4. The van der Waals surface area contributed by atoms with Gasteiger partial charge in [-0.2, -0.15) is 0 Å². The third kappa shape index (κ3) is 2.92. The molecule has 0 amide bonds. The summed E-state index contributed by atoms with van der Waals surface area (Å²) < 4.78 is 17.1. The van der Waals surface area contributed by atoms with Crippen molar-refractivity contribution in [1.29, 1.82) is 0 Å². The summed E-state index contributed by atoms with van der Waals surface area (Å²) in [5.41, 5.74) is 1.01. The van der Waals surface area contributed by atoms with Crippen molar-refractivity contribution < 1.29 is 13.6 Å². The van der Waals surface area contributed by atoms with E-state index in [1.807, 2.05) is 24.3 Å². The molecule has 2 aromatic heterocycles. The van der Waals surface area contributed by atoms with Crippen LogP contribution in [-0.2, 0) is 6.61 Å². The second kappa shape index (κ2) is 6.49. The molecule has 0 radical (unpaired) electrons. The van der Waals surface area contributed by atoms with Crippen LogP contribution in [0.25, 0.3) is 22.5 Å². The Morgan fingerprint density at radius 2 is 1.76 bits per heavy atom. The van der Waals surface area contributed by atoms with Crippen LogP contribution >= 0.6 is 11.6 Å². The van der Waals surface area contributed by atoms with Gasteiger partial charge in [0.2, 0.25) is 16.9 Å². The SMILES string of the molecule is O=c1c(OCc2ccccc2Cl)c(-c2ccco2)oc2ccccc12. The Balaban J connectivity index is 1.83. The van der Waals surface area contributed by atoms with Crippen LogP contribution in [0.5, 0.6) is 5.75 Å². The van der Waals surface area contributed by atoms with E-state index in [9.17, 15) is 4.79 Å². The van der Waals surface area contributed by atoms with Gasteiger partial charge in [0.1, 0.15) is 12.2 Å². The predicted octanol–water partition coefficient (Wildman–Crippen LogP) is 5.29. The zero-order valence-corrected chi connectivity index (χ0v) is 13.8. The lowest BCUT2D eigenvalue weighted by Gasteiger charge is -2.11. The largest absolute Gasteiger partial charge is 0.481 e. The Morgan fingerprint density at radius 1 is 0.960 bits per heavy atom. The first-order valence-electron chi connectivity index (χ1n) is 7.70. The molecular weight excluding hydrogens is 340 g/mol. The molecule has 0 fully saturated rings. The zero-order valence-electron chi connectivity index (χ0n) is 13.1. The van der Waals surface area contributed by atoms with Gasteiger partial charge in [-0.1, -0.05) is 41.9 Å². The fourth-order valence-electron chi connectivity index (χ4n) is 2.59. The summed E-state index contributed by atoms with van der Waals surface area (Å²) in [5.74, 6) is 0.798. The standard InChI is InChI=1S/C20H13ClO4/c21-15-8-3-1-6-13(15)12-24-20-18(22)14-7-2-4-9-16(14)25-19(20)17-10-5-11-23-17/h1-11H,12H2. The molecule has 5 heteroatoms. The van der Waals surface area contributed by atoms with Gasteiger partial charge < -0.3 is 13.6 Å². The highest BCUT2D eigenvalue weighted by molar-refractivity contribution is 6.31. The van der Waals surface area contributed by atoms with E-state index in [0.717, 1.165) is 5.56 Å². The Morgan fingerprint density at radius 3 is 2.56 bits per heavy atom. The lowest BCUT2D eigenvalue weighted by molar-refractivity contribution is 0.296. The second-order valence-electron chi connectivity index (χ2n) is 5.44. The topological polar surface area (TPSA) is 52.6 Å². The Bertz CT molecular complexity index is 1080. The number of hydrogen-bond donors (Lipinski definition) is 0. The molecule has 0 spiro atoms. The normalized spacial score (nSPS) is 10.9. The van der Waals surface area contributed by atoms with Gasteiger partial charge in [-0.3, -0.25) is 4.79 Å². The Hall–Kier alpha value is -2.98. The molecule has 4 rings (SSSR count). The Labute approximate surface area is 148 Å². The Kier molecular flexibility index (Phi) is 4.04. The fraction of sp³-hybridized carbons (Fsp3) is 0.0500. The summed E-state index contributed by atoms with van der Waals surface area (Å²) in [6.07, 6.45) is 1.52. The average Bonchev–Trinajstić information content (AvgIpc) is 3.17. The van der Waals surface area contributed by atoms with E-state index in [1.165, 1.54) is 6.26 Å². The number of benzene rings is 2. The molecule has 0 atom stereocenters. The molecule has 2 heterocycles. The number of para-hydroxylation sites is 1. The van der Waals surface area contributed by atoms with Crippen LogP contribution in [0.1, 0.15) is 5.56 Å². The van der Waals surface area contributed by atoms with Gasteiger partial charge in [-0.15, -0.1) is 0 Å². The molecule has 0 bridgehead atoms. The minimum atomic E-state index is -0.250. The molecule has 25 heavy (non-hydrogen) atoms. The molecule has 0 N–H and O–H groups in total. The maximum Gasteiger partial charge on any atom is 0.235 e. The van der Waals surface area contributed by atoms with Gasteiger partial charge in [-0.05, 0) is 30.3 Å². The number of furan rings is 1. The van der Waals surface area contributed by atoms with Crippen molar-refractivity contribution in [3.8, 4) is 17.3 Å². The molecule has 0 aliphatic carbocycles. The molecule has 0 aliphatic heterocycles. The average molecular weight is 353 g/mol. The van der Waals surface area contributed by atoms with Gasteiger partial charge in [0.25, 0.3) is 0 Å². The van der Waals surface area contributed by atoms with Gasteiger partial charge in [-0.25, -0.2) is 0 Å². The molecule has 2 aromatic carbocycles. The highest BCUT2D eigenvalue weighted by Crippen LogP contribution is 2.31. The van der Waals surface area contributed by atoms with Crippen molar-refractivity contribution in [2.24, 2.45) is 0 Å². The maximum absolute atomic E-state index is 12.9. The van der Waals surface area contributed by atoms with E-state index in [0.29, 0.717) is 21.8 Å². The number of hydrogen-bond acceptors (Lipinski definition) is 4. The van der Waals surface area contributed by atoms with Crippen molar-refractivity contribution >= 4 is 22.6 Å². The minimum Gasteiger partial charge on any atom is -0.481 e. The van der Waals surface area contributed by atoms with Crippen LogP contribution in [0.3, 0.4) is 0 Å². The molecule has 124 valence electrons. The van der Waals surface area contributed by atoms with E-state index >= 15 is 0 Å².